The van der Waals surface area contributed by atoms with Gasteiger partial charge in [-0.1, -0.05) is 13.8 Å². The van der Waals surface area contributed by atoms with Crippen LogP contribution in [0.4, 0.5) is 10.5 Å². The maximum atomic E-state index is 12.2. The molecule has 0 saturated carbocycles. The van der Waals surface area contributed by atoms with Gasteiger partial charge in [-0.25, -0.2) is 4.79 Å². The zero-order valence-corrected chi connectivity index (χ0v) is 16.7. The molecule has 0 radical (unpaired) electrons. The number of anilines is 1. The number of carbonyl (C=O) groups excluding carboxylic acids is 1. The molecule has 0 saturated heterocycles. The number of rotatable bonds is 12. The first-order chi connectivity index (χ1) is 12.6. The van der Waals surface area contributed by atoms with Crippen LogP contribution in [-0.4, -0.2) is 56.9 Å². The molecule has 0 unspecified atom stereocenters. The monoisotopic (exact) mass is 367 g/mol. The van der Waals surface area contributed by atoms with Crippen LogP contribution in [0.3, 0.4) is 0 Å². The number of hydrogen-bond acceptors (Lipinski definition) is 5. The minimum absolute atomic E-state index is 0.258. The van der Waals surface area contributed by atoms with Crippen molar-refractivity contribution in [1.29, 1.82) is 0 Å². The topological polar surface area (TPSA) is 72.1 Å². The number of likely N-dealkylation sites (N-methyl/N-ethyl adjacent to an activating group) is 1. The summed E-state index contributed by atoms with van der Waals surface area (Å²) in [7, 11) is 0. The van der Waals surface area contributed by atoms with Crippen molar-refractivity contribution in [3.05, 3.63) is 12.1 Å². The van der Waals surface area contributed by atoms with Crippen LogP contribution < -0.4 is 24.8 Å². The lowest BCUT2D eigenvalue weighted by Crippen LogP contribution is -2.36. The van der Waals surface area contributed by atoms with Crippen molar-refractivity contribution >= 4 is 11.7 Å². The second-order valence-corrected chi connectivity index (χ2v) is 5.51. The Balaban J connectivity index is 2.82. The average Bonchev–Trinajstić information content (AvgIpc) is 2.62. The molecule has 2 N–H and O–H groups in total. The van der Waals surface area contributed by atoms with Gasteiger partial charge in [-0.2, -0.15) is 0 Å². The first-order valence-corrected chi connectivity index (χ1v) is 9.42. The fourth-order valence-electron chi connectivity index (χ4n) is 2.50. The molecule has 0 aliphatic carbocycles. The Kier molecular flexibility index (Phi) is 10.3. The van der Waals surface area contributed by atoms with Crippen LogP contribution in [0.1, 0.15) is 34.6 Å². The number of nitrogens with zero attached hydrogens (tertiary/aromatic N) is 1. The summed E-state index contributed by atoms with van der Waals surface area (Å²) < 4.78 is 17.0. The van der Waals surface area contributed by atoms with E-state index in [2.05, 4.69) is 29.4 Å². The fourth-order valence-corrected chi connectivity index (χ4v) is 2.50. The molecule has 1 aromatic rings. The molecular formula is C19H33N3O4. The second-order valence-electron chi connectivity index (χ2n) is 5.51. The quantitative estimate of drug-likeness (QED) is 0.593. The van der Waals surface area contributed by atoms with Crippen molar-refractivity contribution in [2.24, 2.45) is 0 Å². The summed E-state index contributed by atoms with van der Waals surface area (Å²) in [6.07, 6.45) is 0. The molecule has 1 rings (SSSR count). The predicted octanol–water partition coefficient (Wildman–Crippen LogP) is 3.35. The molecule has 0 aliphatic rings. The van der Waals surface area contributed by atoms with Gasteiger partial charge in [0.1, 0.15) is 0 Å². The predicted molar refractivity (Wildman–Crippen MR) is 105 cm³/mol. The summed E-state index contributed by atoms with van der Waals surface area (Å²) in [6, 6.07) is 3.24. The molecule has 0 aliphatic heterocycles. The van der Waals surface area contributed by atoms with E-state index in [1.54, 1.807) is 12.1 Å². The van der Waals surface area contributed by atoms with Crippen LogP contribution in [0, 0.1) is 0 Å². The third-order valence-electron chi connectivity index (χ3n) is 3.78. The third-order valence-corrected chi connectivity index (χ3v) is 3.78. The Labute approximate surface area is 157 Å². The van der Waals surface area contributed by atoms with Crippen molar-refractivity contribution in [3.63, 3.8) is 0 Å². The molecule has 0 spiro atoms. The molecule has 0 aromatic heterocycles. The molecule has 0 bridgehead atoms. The first kappa shape index (κ1) is 21.9. The molecule has 2 amide bonds. The number of ether oxygens (including phenoxy) is 3. The van der Waals surface area contributed by atoms with Gasteiger partial charge in [0.25, 0.3) is 0 Å². The van der Waals surface area contributed by atoms with E-state index in [1.807, 2.05) is 20.8 Å². The van der Waals surface area contributed by atoms with E-state index >= 15 is 0 Å². The van der Waals surface area contributed by atoms with Gasteiger partial charge >= 0.3 is 6.03 Å². The van der Waals surface area contributed by atoms with E-state index in [4.69, 9.17) is 14.2 Å². The first-order valence-electron chi connectivity index (χ1n) is 9.42. The molecule has 0 heterocycles. The third kappa shape index (κ3) is 7.00. The highest BCUT2D eigenvalue weighted by atomic mass is 16.5. The SMILES string of the molecule is CCOc1cc(NC(=O)NCCN(CC)CC)cc(OCC)c1OCC. The fraction of sp³-hybridized carbons (Fsp3) is 0.632. The lowest BCUT2D eigenvalue weighted by atomic mass is 10.2. The van der Waals surface area contributed by atoms with Crippen molar-refractivity contribution in [1.82, 2.24) is 10.2 Å². The highest BCUT2D eigenvalue weighted by Crippen LogP contribution is 2.40. The van der Waals surface area contributed by atoms with Gasteiger partial charge in [0, 0.05) is 25.2 Å². The number of nitrogens with one attached hydrogen (secondary N) is 2. The van der Waals surface area contributed by atoms with E-state index in [9.17, 15) is 4.79 Å². The van der Waals surface area contributed by atoms with Gasteiger partial charge < -0.3 is 29.7 Å². The Morgan fingerprint density at radius 1 is 0.923 bits per heavy atom. The number of urea groups is 1. The van der Waals surface area contributed by atoms with Crippen molar-refractivity contribution in [3.8, 4) is 17.2 Å². The van der Waals surface area contributed by atoms with Crippen LogP contribution >= 0.6 is 0 Å². The van der Waals surface area contributed by atoms with Crippen molar-refractivity contribution < 1.29 is 19.0 Å². The Hall–Kier alpha value is -2.15. The smallest absolute Gasteiger partial charge is 0.319 e. The van der Waals surface area contributed by atoms with Gasteiger partial charge in [0.05, 0.1) is 25.5 Å². The van der Waals surface area contributed by atoms with Gasteiger partial charge in [0.2, 0.25) is 5.75 Å². The van der Waals surface area contributed by atoms with E-state index in [-0.39, 0.29) is 6.03 Å². The average molecular weight is 367 g/mol. The minimum atomic E-state index is -0.258. The van der Waals surface area contributed by atoms with Crippen LogP contribution in [0.25, 0.3) is 0 Å². The van der Waals surface area contributed by atoms with Gasteiger partial charge in [-0.3, -0.25) is 0 Å². The van der Waals surface area contributed by atoms with Crippen LogP contribution in [0.5, 0.6) is 17.2 Å². The molecule has 26 heavy (non-hydrogen) atoms. The summed E-state index contributed by atoms with van der Waals surface area (Å²) >= 11 is 0. The standard InChI is InChI=1S/C19H33N3O4/c1-6-22(7-2)12-11-20-19(23)21-15-13-16(24-8-3)18(26-10-5)17(14-15)25-9-4/h13-14H,6-12H2,1-5H3,(H2,20,21,23). The second kappa shape index (κ2) is 12.2. The summed E-state index contributed by atoms with van der Waals surface area (Å²) in [5.41, 5.74) is 0.598. The van der Waals surface area contributed by atoms with Gasteiger partial charge in [-0.05, 0) is 33.9 Å². The van der Waals surface area contributed by atoms with E-state index in [1.165, 1.54) is 0 Å². The number of hydrogen-bond donors (Lipinski definition) is 2. The van der Waals surface area contributed by atoms with Crippen LogP contribution in [0.2, 0.25) is 0 Å². The molecule has 0 atom stereocenters. The molecule has 7 heteroatoms. The van der Waals surface area contributed by atoms with Crippen LogP contribution in [0.15, 0.2) is 12.1 Å². The normalized spacial score (nSPS) is 10.5. The molecule has 7 nitrogen and oxygen atoms in total. The maximum Gasteiger partial charge on any atom is 0.319 e. The number of carbonyl (C=O) groups is 1. The summed E-state index contributed by atoms with van der Waals surface area (Å²) in [5, 5.41) is 5.70. The van der Waals surface area contributed by atoms with Gasteiger partial charge in [-0.15, -0.1) is 0 Å². The highest BCUT2D eigenvalue weighted by Gasteiger charge is 2.16. The summed E-state index contributed by atoms with van der Waals surface area (Å²) in [6.45, 7) is 14.7. The van der Waals surface area contributed by atoms with E-state index in [0.29, 0.717) is 49.3 Å². The lowest BCUT2D eigenvalue weighted by Gasteiger charge is -2.19. The molecule has 148 valence electrons. The lowest BCUT2D eigenvalue weighted by molar-refractivity contribution is 0.247. The summed E-state index contributed by atoms with van der Waals surface area (Å²) in [5.74, 6) is 1.67. The Morgan fingerprint density at radius 2 is 1.46 bits per heavy atom. The van der Waals surface area contributed by atoms with E-state index in [0.717, 1.165) is 19.6 Å². The van der Waals surface area contributed by atoms with Crippen LogP contribution in [-0.2, 0) is 0 Å². The van der Waals surface area contributed by atoms with E-state index < -0.39 is 0 Å². The Bertz CT molecular complexity index is 521. The van der Waals surface area contributed by atoms with Crippen molar-refractivity contribution in [2.45, 2.75) is 34.6 Å². The highest BCUT2D eigenvalue weighted by molar-refractivity contribution is 5.90. The molecule has 0 fully saturated rings. The van der Waals surface area contributed by atoms with Crippen molar-refractivity contribution in [2.75, 3.05) is 51.3 Å². The number of benzene rings is 1. The van der Waals surface area contributed by atoms with Gasteiger partial charge in [0.15, 0.2) is 11.5 Å². The maximum absolute atomic E-state index is 12.2. The largest absolute Gasteiger partial charge is 0.490 e. The summed E-state index contributed by atoms with van der Waals surface area (Å²) in [4.78, 5) is 14.4. The zero-order chi connectivity index (χ0) is 19.4. The zero-order valence-electron chi connectivity index (χ0n) is 16.7. The number of amides is 2. The molecular weight excluding hydrogens is 334 g/mol. The Morgan fingerprint density at radius 3 is 1.92 bits per heavy atom. The minimum Gasteiger partial charge on any atom is -0.490 e. The molecule has 1 aromatic carbocycles.